The second-order valence-electron chi connectivity index (χ2n) is 7.91. The van der Waals surface area contributed by atoms with Crippen LogP contribution in [0.2, 0.25) is 0 Å². The van der Waals surface area contributed by atoms with Gasteiger partial charge in [-0.3, -0.25) is 5.09 Å². The summed E-state index contributed by atoms with van der Waals surface area (Å²) in [6, 6.07) is 9.40. The van der Waals surface area contributed by atoms with E-state index in [2.05, 4.69) is 64.0 Å². The molecule has 1 unspecified atom stereocenters. The van der Waals surface area contributed by atoms with Gasteiger partial charge in [-0.05, 0) is 36.3 Å². The van der Waals surface area contributed by atoms with Crippen LogP contribution in [0.25, 0.3) is 0 Å². The van der Waals surface area contributed by atoms with Gasteiger partial charge in [0.2, 0.25) is 0 Å². The number of hydrogen-bond acceptors (Lipinski definition) is 1. The molecule has 1 aliphatic heterocycles. The molecule has 1 aromatic rings. The Kier molecular flexibility index (Phi) is 3.68. The molecule has 1 nitrogen and oxygen atoms in total. The van der Waals surface area contributed by atoms with Crippen molar-refractivity contribution in [1.29, 1.82) is 0 Å². The molecule has 0 bridgehead atoms. The minimum Gasteiger partial charge on any atom is -0.281 e. The molecule has 3 heteroatoms. The van der Waals surface area contributed by atoms with Crippen LogP contribution in [-0.2, 0) is 18.2 Å². The number of rotatable bonds is 2. The van der Waals surface area contributed by atoms with E-state index in [1.807, 2.05) is 0 Å². The molecule has 0 aromatic heterocycles. The van der Waals surface area contributed by atoms with Gasteiger partial charge in [0, 0.05) is 22.5 Å². The molecule has 0 saturated carbocycles. The summed E-state index contributed by atoms with van der Waals surface area (Å²) in [5.41, 5.74) is 3.02. The van der Waals surface area contributed by atoms with Crippen LogP contribution in [-0.4, -0.2) is 10.3 Å². The zero-order chi connectivity index (χ0) is 15.5. The highest BCUT2D eigenvalue weighted by Crippen LogP contribution is 2.80. The monoisotopic (exact) mass is 321 g/mol. The van der Waals surface area contributed by atoms with E-state index in [4.69, 9.17) is 11.8 Å². The zero-order valence-corrected chi connectivity index (χ0v) is 15.7. The summed E-state index contributed by atoms with van der Waals surface area (Å²) in [5, 5.41) is 4.55. The van der Waals surface area contributed by atoms with E-state index >= 15 is 0 Å². The Hall–Kier alpha value is -0.170. The first-order chi connectivity index (χ1) is 9.72. The van der Waals surface area contributed by atoms with Crippen molar-refractivity contribution in [2.24, 2.45) is 5.92 Å². The standard InChI is InChI=1S/C18H28NPS/c1-13-17(2,3)20(21,18(13,4)5)19-16-12-8-10-14-9-6-7-11-15(14)16/h6-7,9,11,13,16H,8,10,12H2,1-5H3,(H,19,21). The minimum absolute atomic E-state index is 0.262. The van der Waals surface area contributed by atoms with Gasteiger partial charge in [-0.25, -0.2) is 0 Å². The number of nitrogens with one attached hydrogen (secondary N) is 1. The quantitative estimate of drug-likeness (QED) is 0.746. The Labute approximate surface area is 135 Å². The van der Waals surface area contributed by atoms with Crippen LogP contribution < -0.4 is 5.09 Å². The molecule has 0 amide bonds. The molecule has 116 valence electrons. The number of aryl methyl sites for hydroxylation is 1. The van der Waals surface area contributed by atoms with Crippen molar-refractivity contribution in [3.05, 3.63) is 35.4 Å². The lowest BCUT2D eigenvalue weighted by Crippen LogP contribution is -2.61. The van der Waals surface area contributed by atoms with Crippen molar-refractivity contribution in [2.75, 3.05) is 0 Å². The van der Waals surface area contributed by atoms with Gasteiger partial charge < -0.3 is 0 Å². The first kappa shape index (κ1) is 15.7. The van der Waals surface area contributed by atoms with E-state index < -0.39 is 6.19 Å². The van der Waals surface area contributed by atoms with Crippen molar-refractivity contribution in [3.8, 4) is 0 Å². The second kappa shape index (κ2) is 4.91. The van der Waals surface area contributed by atoms with Crippen molar-refractivity contribution in [2.45, 2.75) is 70.2 Å². The summed E-state index contributed by atoms with van der Waals surface area (Å²) >= 11 is 6.29. The van der Waals surface area contributed by atoms with Gasteiger partial charge in [-0.1, -0.05) is 70.7 Å². The van der Waals surface area contributed by atoms with Crippen LogP contribution in [0.5, 0.6) is 0 Å². The largest absolute Gasteiger partial charge is 0.281 e. The highest BCUT2D eigenvalue weighted by atomic mass is 32.4. The molecule has 0 spiro atoms. The van der Waals surface area contributed by atoms with E-state index in [1.54, 1.807) is 0 Å². The van der Waals surface area contributed by atoms with E-state index in [1.165, 1.54) is 30.4 Å². The third-order valence-corrected chi connectivity index (χ3v) is 14.3. The minimum atomic E-state index is -1.60. The SMILES string of the molecule is CC1C(C)(C)P(=S)(NC2CCCc3ccccc32)C1(C)C. The topological polar surface area (TPSA) is 12.0 Å². The molecule has 21 heavy (non-hydrogen) atoms. The Balaban J connectivity index is 1.93. The number of fused-ring (bicyclic) bond motifs is 1. The lowest BCUT2D eigenvalue weighted by molar-refractivity contribution is 0.292. The van der Waals surface area contributed by atoms with Gasteiger partial charge >= 0.3 is 0 Å². The van der Waals surface area contributed by atoms with Crippen molar-refractivity contribution < 1.29 is 0 Å². The normalized spacial score (nSPS) is 36.6. The van der Waals surface area contributed by atoms with E-state index in [0.29, 0.717) is 12.0 Å². The molecular formula is C18H28NPS. The van der Waals surface area contributed by atoms with E-state index in [9.17, 15) is 0 Å². The Morgan fingerprint density at radius 1 is 1.14 bits per heavy atom. The highest BCUT2D eigenvalue weighted by Gasteiger charge is 2.64. The fourth-order valence-electron chi connectivity index (χ4n) is 4.53. The molecule has 0 radical (unpaired) electrons. The average Bonchev–Trinajstić information content (AvgIpc) is 2.46. The molecule has 1 fully saturated rings. The number of hydrogen-bond donors (Lipinski definition) is 1. The van der Waals surface area contributed by atoms with Crippen LogP contribution >= 0.6 is 6.19 Å². The summed E-state index contributed by atoms with van der Waals surface area (Å²) in [6.07, 6.45) is 2.14. The molecule has 1 saturated heterocycles. The zero-order valence-electron chi connectivity index (χ0n) is 13.9. The highest BCUT2D eigenvalue weighted by molar-refractivity contribution is 8.15. The summed E-state index contributed by atoms with van der Waals surface area (Å²) in [6.45, 7) is 11.9. The summed E-state index contributed by atoms with van der Waals surface area (Å²) in [7, 11) is 0. The van der Waals surface area contributed by atoms with Gasteiger partial charge in [0.25, 0.3) is 0 Å². The maximum atomic E-state index is 6.29. The molecule has 1 aromatic carbocycles. The Morgan fingerprint density at radius 2 is 1.76 bits per heavy atom. The van der Waals surface area contributed by atoms with Crippen molar-refractivity contribution >= 4 is 18.0 Å². The average molecular weight is 321 g/mol. The summed E-state index contributed by atoms with van der Waals surface area (Å²) in [4.78, 5) is 0. The van der Waals surface area contributed by atoms with Crippen LogP contribution in [0.1, 0.15) is 64.6 Å². The molecule has 1 atom stereocenters. The van der Waals surface area contributed by atoms with Crippen molar-refractivity contribution in [1.82, 2.24) is 5.09 Å². The molecule has 1 heterocycles. The molecular weight excluding hydrogens is 293 g/mol. The second-order valence-corrected chi connectivity index (χ2v) is 13.3. The molecule has 1 aliphatic carbocycles. The van der Waals surface area contributed by atoms with Crippen LogP contribution in [0.15, 0.2) is 24.3 Å². The number of benzene rings is 1. The first-order valence-electron chi connectivity index (χ1n) is 8.17. The van der Waals surface area contributed by atoms with Gasteiger partial charge in [0.15, 0.2) is 0 Å². The van der Waals surface area contributed by atoms with Gasteiger partial charge in [-0.15, -0.1) is 0 Å². The molecule has 2 aliphatic rings. The maximum absolute atomic E-state index is 6.29. The van der Waals surface area contributed by atoms with Gasteiger partial charge in [0.1, 0.15) is 0 Å². The van der Waals surface area contributed by atoms with Crippen LogP contribution in [0.3, 0.4) is 0 Å². The third kappa shape index (κ3) is 2.02. The van der Waals surface area contributed by atoms with Crippen LogP contribution in [0, 0.1) is 5.92 Å². The summed E-state index contributed by atoms with van der Waals surface area (Å²) < 4.78 is 0. The third-order valence-electron chi connectivity index (χ3n) is 6.45. The van der Waals surface area contributed by atoms with Crippen LogP contribution in [0.4, 0.5) is 0 Å². The Bertz CT molecular complexity index is 585. The fraction of sp³-hybridized carbons (Fsp3) is 0.667. The predicted molar refractivity (Wildman–Crippen MR) is 96.9 cm³/mol. The van der Waals surface area contributed by atoms with Gasteiger partial charge in [-0.2, -0.15) is 0 Å². The lowest BCUT2D eigenvalue weighted by atomic mass is 9.83. The molecule has 1 N–H and O–H groups in total. The van der Waals surface area contributed by atoms with Gasteiger partial charge in [0.05, 0.1) is 0 Å². The molecule has 3 rings (SSSR count). The fourth-order valence-corrected chi connectivity index (χ4v) is 10.2. The lowest BCUT2D eigenvalue weighted by Gasteiger charge is -2.67. The predicted octanol–water partition coefficient (Wildman–Crippen LogP) is 5.26. The van der Waals surface area contributed by atoms with E-state index in [-0.39, 0.29) is 10.3 Å². The maximum Gasteiger partial charge on any atom is 0.0365 e. The Morgan fingerprint density at radius 3 is 2.43 bits per heavy atom. The smallest absolute Gasteiger partial charge is 0.0365 e. The van der Waals surface area contributed by atoms with Crippen molar-refractivity contribution in [3.63, 3.8) is 0 Å². The van der Waals surface area contributed by atoms with E-state index in [0.717, 1.165) is 0 Å². The summed E-state index contributed by atoms with van der Waals surface area (Å²) in [5.74, 6) is 0.683. The first-order valence-corrected chi connectivity index (χ1v) is 11.0.